The predicted molar refractivity (Wildman–Crippen MR) is 49.5 cm³/mol. The quantitative estimate of drug-likeness (QED) is 0.705. The summed E-state index contributed by atoms with van der Waals surface area (Å²) in [6, 6.07) is 4.25. The van der Waals surface area contributed by atoms with Crippen molar-refractivity contribution in [3.05, 3.63) is 29.6 Å². The van der Waals surface area contributed by atoms with Crippen molar-refractivity contribution < 1.29 is 8.78 Å². The van der Waals surface area contributed by atoms with Crippen LogP contribution in [0, 0.1) is 5.82 Å². The van der Waals surface area contributed by atoms with E-state index in [0.29, 0.717) is 11.3 Å². The molecule has 0 saturated heterocycles. The Morgan fingerprint density at radius 2 is 2.17 bits per heavy atom. The molecule has 1 nitrogen and oxygen atoms in total. The van der Waals surface area contributed by atoms with Crippen LogP contribution in [-0.4, -0.2) is 7.05 Å². The number of rotatable bonds is 2. The largest absolute Gasteiger partial charge is 0.386 e. The molecule has 2 unspecified atom stereocenters. The number of alkyl halides is 1. The lowest BCUT2D eigenvalue weighted by atomic mass is 10.2. The average Bonchev–Trinajstić information content (AvgIpc) is 2.04. The Hall–Kier alpha value is -0.690. The Balaban J connectivity index is 3.02. The highest BCUT2D eigenvalue weighted by Gasteiger charge is 2.06. The molecule has 12 heavy (non-hydrogen) atoms. The first-order chi connectivity index (χ1) is 5.65. The second kappa shape index (κ2) is 3.81. The fourth-order valence-electron chi connectivity index (χ4n) is 0.906. The molecule has 0 aromatic heterocycles. The van der Waals surface area contributed by atoms with Crippen LogP contribution in [0.2, 0.25) is 0 Å². The molecule has 0 aliphatic heterocycles. The van der Waals surface area contributed by atoms with Gasteiger partial charge in [0.2, 0.25) is 0 Å². The number of nitrogens with one attached hydrogen (secondary N) is 1. The molecule has 0 spiro atoms. The van der Waals surface area contributed by atoms with Crippen molar-refractivity contribution in [1.82, 2.24) is 0 Å². The van der Waals surface area contributed by atoms with E-state index in [0.717, 1.165) is 0 Å². The molecule has 1 aromatic carbocycles. The van der Waals surface area contributed by atoms with Crippen LogP contribution in [0.15, 0.2) is 18.2 Å². The minimum Gasteiger partial charge on any atom is -0.386 e. The summed E-state index contributed by atoms with van der Waals surface area (Å²) < 4.78 is 25.6. The maximum absolute atomic E-state index is 13.0. The second-order valence-electron chi connectivity index (χ2n) is 2.39. The van der Waals surface area contributed by atoms with Gasteiger partial charge >= 0.3 is 0 Å². The average molecular weight is 189 g/mol. The SMILES string of the molecule is CNc1ccc(C(F)P)cc1F. The minimum atomic E-state index is -1.20. The third-order valence-corrected chi connectivity index (χ3v) is 1.97. The van der Waals surface area contributed by atoms with Gasteiger partial charge in [-0.1, -0.05) is 15.3 Å². The molecular weight excluding hydrogens is 179 g/mol. The van der Waals surface area contributed by atoms with E-state index >= 15 is 0 Å². The molecule has 0 saturated carbocycles. The van der Waals surface area contributed by atoms with Gasteiger partial charge in [-0.3, -0.25) is 0 Å². The molecule has 2 atom stereocenters. The summed E-state index contributed by atoms with van der Waals surface area (Å²) in [4.78, 5) is 0. The van der Waals surface area contributed by atoms with Gasteiger partial charge in [0.15, 0.2) is 0 Å². The third-order valence-electron chi connectivity index (χ3n) is 1.58. The molecule has 0 radical (unpaired) electrons. The van der Waals surface area contributed by atoms with Crippen LogP contribution in [-0.2, 0) is 0 Å². The zero-order chi connectivity index (χ0) is 9.14. The third kappa shape index (κ3) is 1.92. The first-order valence-corrected chi connectivity index (χ1v) is 4.18. The highest BCUT2D eigenvalue weighted by atomic mass is 31.0. The summed E-state index contributed by atoms with van der Waals surface area (Å²) in [5, 5.41) is 2.66. The number of hydrogen-bond acceptors (Lipinski definition) is 1. The molecule has 1 N–H and O–H groups in total. The molecule has 1 aromatic rings. The van der Waals surface area contributed by atoms with Gasteiger partial charge in [0.25, 0.3) is 0 Å². The maximum Gasteiger partial charge on any atom is 0.146 e. The topological polar surface area (TPSA) is 12.0 Å². The molecule has 1 rings (SSSR count). The van der Waals surface area contributed by atoms with E-state index in [4.69, 9.17) is 0 Å². The summed E-state index contributed by atoms with van der Waals surface area (Å²) in [5.41, 5.74) is 0.709. The minimum absolute atomic E-state index is 0.330. The highest BCUT2D eigenvalue weighted by Crippen LogP contribution is 2.26. The fraction of sp³-hybridized carbons (Fsp3) is 0.250. The molecule has 0 bridgehead atoms. The van der Waals surface area contributed by atoms with Crippen molar-refractivity contribution in [3.63, 3.8) is 0 Å². The summed E-state index contributed by atoms with van der Waals surface area (Å²) >= 11 is 0. The van der Waals surface area contributed by atoms with E-state index in [9.17, 15) is 8.78 Å². The van der Waals surface area contributed by atoms with Crippen molar-refractivity contribution in [1.29, 1.82) is 0 Å². The van der Waals surface area contributed by atoms with Crippen molar-refractivity contribution in [2.45, 2.75) is 5.91 Å². The zero-order valence-corrected chi connectivity index (χ0v) is 7.80. The number of anilines is 1. The summed E-state index contributed by atoms with van der Waals surface area (Å²) in [6.07, 6.45) is 0. The number of benzene rings is 1. The van der Waals surface area contributed by atoms with Gasteiger partial charge < -0.3 is 5.32 Å². The fourth-order valence-corrected chi connectivity index (χ4v) is 1.11. The first-order valence-electron chi connectivity index (χ1n) is 3.52. The Bertz CT molecular complexity index is 276. The van der Waals surface area contributed by atoms with E-state index in [1.165, 1.54) is 12.1 Å². The van der Waals surface area contributed by atoms with Gasteiger partial charge in [-0.05, 0) is 17.7 Å². The van der Waals surface area contributed by atoms with E-state index in [2.05, 4.69) is 5.32 Å². The number of halogens is 2. The van der Waals surface area contributed by atoms with Crippen LogP contribution in [0.3, 0.4) is 0 Å². The highest BCUT2D eigenvalue weighted by molar-refractivity contribution is 7.16. The Kier molecular flexibility index (Phi) is 2.99. The molecule has 0 amide bonds. The van der Waals surface area contributed by atoms with Gasteiger partial charge in [-0.25, -0.2) is 8.78 Å². The van der Waals surface area contributed by atoms with Gasteiger partial charge in [-0.15, -0.1) is 0 Å². The smallest absolute Gasteiger partial charge is 0.146 e. The van der Waals surface area contributed by atoms with Crippen molar-refractivity contribution in [3.8, 4) is 0 Å². The molecular formula is C8H10F2NP. The monoisotopic (exact) mass is 189 g/mol. The Morgan fingerprint density at radius 3 is 2.58 bits per heavy atom. The lowest BCUT2D eigenvalue weighted by molar-refractivity contribution is 0.466. The van der Waals surface area contributed by atoms with E-state index in [1.54, 1.807) is 13.1 Å². The van der Waals surface area contributed by atoms with Crippen LogP contribution in [0.1, 0.15) is 11.5 Å². The lowest BCUT2D eigenvalue weighted by Crippen LogP contribution is -1.93. The zero-order valence-electron chi connectivity index (χ0n) is 6.64. The molecule has 4 heteroatoms. The van der Waals surface area contributed by atoms with Gasteiger partial charge in [0.05, 0.1) is 5.69 Å². The van der Waals surface area contributed by atoms with Crippen LogP contribution in [0.25, 0.3) is 0 Å². The Morgan fingerprint density at radius 1 is 1.50 bits per heavy atom. The molecule has 0 heterocycles. The van der Waals surface area contributed by atoms with Gasteiger partial charge in [0.1, 0.15) is 11.7 Å². The predicted octanol–water partition coefficient (Wildman–Crippen LogP) is 2.71. The molecule has 0 aliphatic carbocycles. The standard InChI is InChI=1S/C8H10F2NP/c1-11-7-3-2-5(8(10)12)4-6(7)9/h2-4,8,11H,12H2,1H3. The first kappa shape index (κ1) is 9.40. The summed E-state index contributed by atoms with van der Waals surface area (Å²) in [5.74, 6) is -1.63. The molecule has 0 fully saturated rings. The van der Waals surface area contributed by atoms with Gasteiger partial charge in [-0.2, -0.15) is 0 Å². The normalized spacial score (nSPS) is 12.7. The molecule has 66 valence electrons. The second-order valence-corrected chi connectivity index (χ2v) is 2.98. The van der Waals surface area contributed by atoms with E-state index in [-0.39, 0.29) is 0 Å². The van der Waals surface area contributed by atoms with Crippen LogP contribution in [0.5, 0.6) is 0 Å². The Labute approximate surface area is 72.4 Å². The van der Waals surface area contributed by atoms with Crippen molar-refractivity contribution >= 4 is 14.9 Å². The van der Waals surface area contributed by atoms with Crippen LogP contribution >= 0.6 is 9.24 Å². The van der Waals surface area contributed by atoms with Crippen LogP contribution < -0.4 is 5.32 Å². The number of hydrogen-bond donors (Lipinski definition) is 1. The van der Waals surface area contributed by atoms with Gasteiger partial charge in [0, 0.05) is 7.05 Å². The summed E-state index contributed by atoms with van der Waals surface area (Å²) in [6.45, 7) is 0. The summed E-state index contributed by atoms with van der Waals surface area (Å²) in [7, 11) is 3.59. The van der Waals surface area contributed by atoms with Crippen LogP contribution in [0.4, 0.5) is 14.5 Å². The van der Waals surface area contributed by atoms with E-state index in [1.807, 2.05) is 9.24 Å². The maximum atomic E-state index is 13.0. The van der Waals surface area contributed by atoms with E-state index < -0.39 is 11.7 Å². The van der Waals surface area contributed by atoms with Crippen molar-refractivity contribution in [2.75, 3.05) is 12.4 Å². The van der Waals surface area contributed by atoms with Crippen molar-refractivity contribution in [2.24, 2.45) is 0 Å². The lowest BCUT2D eigenvalue weighted by Gasteiger charge is -2.05. The molecule has 0 aliphatic rings.